The first kappa shape index (κ1) is 14.5. The van der Waals surface area contributed by atoms with Gasteiger partial charge in [-0.2, -0.15) is 4.98 Å². The molecule has 0 saturated heterocycles. The van der Waals surface area contributed by atoms with Gasteiger partial charge < -0.3 is 15.2 Å². The number of carbonyl (C=O) groups is 1. The van der Waals surface area contributed by atoms with E-state index in [0.717, 1.165) is 0 Å². The predicted molar refractivity (Wildman–Crippen MR) is 76.3 cm³/mol. The maximum Gasteiger partial charge on any atom is 0.258 e. The number of rotatable bonds is 3. The van der Waals surface area contributed by atoms with Gasteiger partial charge in [-0.15, -0.1) is 0 Å². The van der Waals surface area contributed by atoms with Crippen molar-refractivity contribution in [1.82, 2.24) is 15.3 Å². The third-order valence-corrected chi connectivity index (χ3v) is 3.07. The molecule has 2 aromatic rings. The van der Waals surface area contributed by atoms with E-state index in [0.29, 0.717) is 4.47 Å². The molecule has 0 bridgehead atoms. The lowest BCUT2D eigenvalue weighted by atomic mass is 10.1. The molecule has 0 aliphatic heterocycles. The van der Waals surface area contributed by atoms with Gasteiger partial charge in [0.15, 0.2) is 0 Å². The monoisotopic (exact) mass is 357 g/mol. The van der Waals surface area contributed by atoms with Crippen molar-refractivity contribution >= 4 is 33.4 Å². The summed E-state index contributed by atoms with van der Waals surface area (Å²) in [5.74, 6) is -0.381. The summed E-state index contributed by atoms with van der Waals surface area (Å²) >= 11 is 8.91. The highest BCUT2D eigenvalue weighted by Crippen LogP contribution is 2.33. The van der Waals surface area contributed by atoms with Crippen LogP contribution in [0.3, 0.4) is 0 Å². The van der Waals surface area contributed by atoms with E-state index in [1.165, 1.54) is 25.4 Å². The Balaban J connectivity index is 2.46. The molecule has 1 amide bonds. The SMILES string of the molecule is CNC(=O)c1c(O)cccc1Oc1nc(Cl)ncc1Br. The standard InChI is InChI=1S/C12H9BrClN3O3/c1-15-10(19)9-7(18)3-2-4-8(9)20-11-6(13)5-16-12(14)17-11/h2-5,18H,1H3,(H,15,19). The van der Waals surface area contributed by atoms with Crippen molar-refractivity contribution in [2.75, 3.05) is 7.05 Å². The van der Waals surface area contributed by atoms with Crippen molar-refractivity contribution in [3.05, 3.63) is 39.7 Å². The Morgan fingerprint density at radius 1 is 1.50 bits per heavy atom. The van der Waals surface area contributed by atoms with Crippen LogP contribution in [0.1, 0.15) is 10.4 Å². The van der Waals surface area contributed by atoms with Crippen LogP contribution in [-0.4, -0.2) is 28.0 Å². The second kappa shape index (κ2) is 6.06. The lowest BCUT2D eigenvalue weighted by Crippen LogP contribution is -2.18. The molecule has 20 heavy (non-hydrogen) atoms. The van der Waals surface area contributed by atoms with E-state index in [4.69, 9.17) is 16.3 Å². The number of aromatic hydroxyl groups is 1. The number of carbonyl (C=O) groups excluding carboxylic acids is 1. The van der Waals surface area contributed by atoms with Gasteiger partial charge in [0.05, 0.1) is 4.47 Å². The van der Waals surface area contributed by atoms with Crippen LogP contribution in [0.4, 0.5) is 0 Å². The highest BCUT2D eigenvalue weighted by molar-refractivity contribution is 9.10. The molecule has 2 rings (SSSR count). The van der Waals surface area contributed by atoms with Crippen LogP contribution in [0.15, 0.2) is 28.9 Å². The summed E-state index contributed by atoms with van der Waals surface area (Å²) in [6, 6.07) is 4.47. The summed E-state index contributed by atoms with van der Waals surface area (Å²) in [7, 11) is 1.45. The third-order valence-electron chi connectivity index (χ3n) is 2.35. The maximum absolute atomic E-state index is 11.8. The molecular formula is C12H9BrClN3O3. The van der Waals surface area contributed by atoms with Gasteiger partial charge in [0, 0.05) is 13.2 Å². The van der Waals surface area contributed by atoms with E-state index < -0.39 is 5.91 Å². The average molecular weight is 359 g/mol. The molecule has 0 fully saturated rings. The molecule has 2 N–H and O–H groups in total. The Labute approximate surface area is 127 Å². The van der Waals surface area contributed by atoms with Crippen LogP contribution in [0, 0.1) is 0 Å². The van der Waals surface area contributed by atoms with Crippen molar-refractivity contribution in [3.8, 4) is 17.4 Å². The van der Waals surface area contributed by atoms with Crippen LogP contribution >= 0.6 is 27.5 Å². The van der Waals surface area contributed by atoms with Crippen LogP contribution < -0.4 is 10.1 Å². The minimum absolute atomic E-state index is 0.00449. The maximum atomic E-state index is 11.8. The Morgan fingerprint density at radius 2 is 2.25 bits per heavy atom. The fourth-order valence-corrected chi connectivity index (χ4v) is 1.86. The minimum Gasteiger partial charge on any atom is -0.507 e. The van der Waals surface area contributed by atoms with Crippen molar-refractivity contribution in [1.29, 1.82) is 0 Å². The molecule has 1 aromatic heterocycles. The molecule has 0 aliphatic rings. The Kier molecular flexibility index (Phi) is 4.41. The largest absolute Gasteiger partial charge is 0.507 e. The highest BCUT2D eigenvalue weighted by atomic mass is 79.9. The smallest absolute Gasteiger partial charge is 0.258 e. The number of hydrogen-bond donors (Lipinski definition) is 2. The predicted octanol–water partition coefficient (Wildman–Crippen LogP) is 2.75. The molecule has 0 atom stereocenters. The zero-order valence-electron chi connectivity index (χ0n) is 10.2. The number of benzene rings is 1. The van der Waals surface area contributed by atoms with Gasteiger partial charge in [0.25, 0.3) is 5.91 Å². The van der Waals surface area contributed by atoms with Crippen molar-refractivity contribution < 1.29 is 14.6 Å². The Morgan fingerprint density at radius 3 is 2.95 bits per heavy atom. The van der Waals surface area contributed by atoms with E-state index >= 15 is 0 Å². The highest BCUT2D eigenvalue weighted by Gasteiger charge is 2.18. The second-order valence-corrected chi connectivity index (χ2v) is 4.82. The van der Waals surface area contributed by atoms with Gasteiger partial charge in [-0.25, -0.2) is 4.98 Å². The van der Waals surface area contributed by atoms with Crippen molar-refractivity contribution in [2.24, 2.45) is 0 Å². The molecule has 6 nitrogen and oxygen atoms in total. The first-order chi connectivity index (χ1) is 9.52. The van der Waals surface area contributed by atoms with Crippen LogP contribution in [0.25, 0.3) is 0 Å². The molecular weight excluding hydrogens is 350 g/mol. The number of amides is 1. The second-order valence-electron chi connectivity index (χ2n) is 3.62. The third kappa shape index (κ3) is 3.00. The van der Waals surface area contributed by atoms with E-state index in [2.05, 4.69) is 31.2 Å². The van der Waals surface area contributed by atoms with Crippen LogP contribution in [-0.2, 0) is 0 Å². The number of nitrogens with one attached hydrogen (secondary N) is 1. The average Bonchev–Trinajstić information content (AvgIpc) is 2.42. The fraction of sp³-hybridized carbons (Fsp3) is 0.0833. The number of ether oxygens (including phenoxy) is 1. The normalized spacial score (nSPS) is 10.2. The van der Waals surface area contributed by atoms with Gasteiger partial charge in [0.1, 0.15) is 17.1 Å². The summed E-state index contributed by atoms with van der Waals surface area (Å²) in [4.78, 5) is 19.4. The molecule has 104 valence electrons. The lowest BCUT2D eigenvalue weighted by molar-refractivity contribution is 0.0958. The van der Waals surface area contributed by atoms with E-state index in [1.54, 1.807) is 6.07 Å². The number of phenols is 1. The topological polar surface area (TPSA) is 84.3 Å². The number of aromatic nitrogens is 2. The van der Waals surface area contributed by atoms with E-state index in [1.807, 2.05) is 0 Å². The fourth-order valence-electron chi connectivity index (χ4n) is 1.46. The first-order valence-corrected chi connectivity index (χ1v) is 6.60. The number of phenolic OH excluding ortho intramolecular Hbond substituents is 1. The first-order valence-electron chi connectivity index (χ1n) is 5.43. The molecule has 0 spiro atoms. The molecule has 0 saturated carbocycles. The van der Waals surface area contributed by atoms with Crippen LogP contribution in [0.5, 0.6) is 17.4 Å². The minimum atomic E-state index is -0.477. The summed E-state index contributed by atoms with van der Waals surface area (Å²) < 4.78 is 5.99. The van der Waals surface area contributed by atoms with Gasteiger partial charge in [-0.1, -0.05) is 6.07 Å². The molecule has 8 heteroatoms. The van der Waals surface area contributed by atoms with Gasteiger partial charge in [0.2, 0.25) is 11.2 Å². The van der Waals surface area contributed by atoms with Gasteiger partial charge in [-0.3, -0.25) is 4.79 Å². The zero-order valence-corrected chi connectivity index (χ0v) is 12.6. The summed E-state index contributed by atoms with van der Waals surface area (Å²) in [5.41, 5.74) is 0.0108. The molecule has 0 radical (unpaired) electrons. The summed E-state index contributed by atoms with van der Waals surface area (Å²) in [6.45, 7) is 0. The van der Waals surface area contributed by atoms with E-state index in [9.17, 15) is 9.90 Å². The van der Waals surface area contributed by atoms with Crippen LogP contribution in [0.2, 0.25) is 5.28 Å². The summed E-state index contributed by atoms with van der Waals surface area (Å²) in [6.07, 6.45) is 1.42. The summed E-state index contributed by atoms with van der Waals surface area (Å²) in [5, 5.41) is 12.2. The van der Waals surface area contributed by atoms with E-state index in [-0.39, 0.29) is 28.2 Å². The Bertz CT molecular complexity index is 666. The molecule has 0 unspecified atom stereocenters. The number of halogens is 2. The number of hydrogen-bond acceptors (Lipinski definition) is 5. The molecule has 1 heterocycles. The lowest BCUT2D eigenvalue weighted by Gasteiger charge is -2.11. The van der Waals surface area contributed by atoms with Gasteiger partial charge in [-0.05, 0) is 39.7 Å². The van der Waals surface area contributed by atoms with Crippen molar-refractivity contribution in [2.45, 2.75) is 0 Å². The quantitative estimate of drug-likeness (QED) is 0.824. The van der Waals surface area contributed by atoms with Gasteiger partial charge >= 0.3 is 0 Å². The zero-order chi connectivity index (χ0) is 14.7. The molecule has 1 aromatic carbocycles. The Hall–Kier alpha value is -1.86. The number of nitrogens with zero attached hydrogens (tertiary/aromatic N) is 2. The van der Waals surface area contributed by atoms with Crippen molar-refractivity contribution in [3.63, 3.8) is 0 Å². The molecule has 0 aliphatic carbocycles.